The van der Waals surface area contributed by atoms with E-state index in [1.807, 2.05) is 13.8 Å². The van der Waals surface area contributed by atoms with Gasteiger partial charge in [-0.25, -0.2) is 0 Å². The van der Waals surface area contributed by atoms with Crippen molar-refractivity contribution in [2.45, 2.75) is 26.4 Å². The van der Waals surface area contributed by atoms with Gasteiger partial charge in [0.05, 0.1) is 0 Å². The molecule has 14 heavy (non-hydrogen) atoms. The first kappa shape index (κ1) is 10.5. The minimum atomic E-state index is -0.0596. The highest BCUT2D eigenvalue weighted by Gasteiger charge is 2.10. The van der Waals surface area contributed by atoms with Crippen molar-refractivity contribution in [3.63, 3.8) is 0 Å². The average molecular weight is 195 g/mol. The van der Waals surface area contributed by atoms with Crippen LogP contribution in [0.4, 0.5) is 0 Å². The molecule has 0 unspecified atom stereocenters. The lowest BCUT2D eigenvalue weighted by molar-refractivity contribution is -0.684. The second-order valence-electron chi connectivity index (χ2n) is 3.46. The number of aromatic nitrogens is 1. The highest BCUT2D eigenvalue weighted by Crippen LogP contribution is 1.99. The SMILES string of the molecule is CC(C)NC(=O)C[n+]1cccc(O)c1. The molecule has 1 aromatic rings. The van der Waals surface area contributed by atoms with Gasteiger partial charge in [-0.1, -0.05) is 0 Å². The van der Waals surface area contributed by atoms with Crippen molar-refractivity contribution in [1.29, 1.82) is 0 Å². The molecule has 1 amide bonds. The van der Waals surface area contributed by atoms with Crippen LogP contribution in [-0.2, 0) is 11.3 Å². The van der Waals surface area contributed by atoms with Gasteiger partial charge in [0, 0.05) is 12.1 Å². The van der Waals surface area contributed by atoms with Crippen molar-refractivity contribution in [2.75, 3.05) is 0 Å². The number of carbonyl (C=O) groups excluding carboxylic acids is 1. The number of rotatable bonds is 3. The number of carbonyl (C=O) groups is 1. The van der Waals surface area contributed by atoms with Crippen LogP contribution in [0.25, 0.3) is 0 Å². The topological polar surface area (TPSA) is 53.2 Å². The molecule has 76 valence electrons. The Morgan fingerprint density at radius 1 is 1.64 bits per heavy atom. The molecule has 0 spiro atoms. The van der Waals surface area contributed by atoms with Gasteiger partial charge in [0.15, 0.2) is 11.9 Å². The molecular weight excluding hydrogens is 180 g/mol. The second kappa shape index (κ2) is 4.60. The van der Waals surface area contributed by atoms with E-state index in [1.54, 1.807) is 22.9 Å². The maximum absolute atomic E-state index is 11.3. The molecule has 0 saturated carbocycles. The fourth-order valence-corrected chi connectivity index (χ4v) is 1.14. The Kier molecular flexibility index (Phi) is 3.45. The smallest absolute Gasteiger partial charge is 0.286 e. The Hall–Kier alpha value is -1.58. The predicted octanol–water partition coefficient (Wildman–Crippen LogP) is 0.204. The van der Waals surface area contributed by atoms with Crippen LogP contribution in [-0.4, -0.2) is 17.1 Å². The van der Waals surface area contributed by atoms with Crippen LogP contribution < -0.4 is 9.88 Å². The van der Waals surface area contributed by atoms with Gasteiger partial charge in [-0.15, -0.1) is 0 Å². The standard InChI is InChI=1S/C10H14N2O2/c1-8(2)11-10(14)7-12-5-3-4-9(13)6-12/h3-6,8H,7H2,1-2H3,(H-,11,13,14)/p+1. The molecule has 1 aromatic heterocycles. The summed E-state index contributed by atoms with van der Waals surface area (Å²) in [5.74, 6) is 0.0976. The summed E-state index contributed by atoms with van der Waals surface area (Å²) in [4.78, 5) is 11.3. The molecule has 0 bridgehead atoms. The summed E-state index contributed by atoms with van der Waals surface area (Å²) in [5, 5.41) is 11.9. The number of pyridine rings is 1. The summed E-state index contributed by atoms with van der Waals surface area (Å²) in [6.07, 6.45) is 3.25. The molecule has 0 saturated heterocycles. The Morgan fingerprint density at radius 2 is 2.36 bits per heavy atom. The lowest BCUT2D eigenvalue weighted by atomic mass is 10.4. The maximum atomic E-state index is 11.3. The first-order chi connectivity index (χ1) is 6.58. The molecule has 4 nitrogen and oxygen atoms in total. The van der Waals surface area contributed by atoms with Crippen LogP contribution in [0, 0.1) is 0 Å². The van der Waals surface area contributed by atoms with E-state index in [0.29, 0.717) is 0 Å². The summed E-state index contributed by atoms with van der Waals surface area (Å²) in [5.41, 5.74) is 0. The molecule has 0 radical (unpaired) electrons. The van der Waals surface area contributed by atoms with E-state index in [2.05, 4.69) is 5.32 Å². The molecule has 1 rings (SSSR count). The normalized spacial score (nSPS) is 10.2. The Bertz CT molecular complexity index is 324. The fourth-order valence-electron chi connectivity index (χ4n) is 1.14. The van der Waals surface area contributed by atoms with Gasteiger partial charge in [-0.2, -0.15) is 4.57 Å². The van der Waals surface area contributed by atoms with Crippen molar-refractivity contribution >= 4 is 5.91 Å². The Balaban J connectivity index is 2.56. The number of aromatic hydroxyl groups is 1. The van der Waals surface area contributed by atoms with Gasteiger partial charge < -0.3 is 10.4 Å². The van der Waals surface area contributed by atoms with Crippen LogP contribution >= 0.6 is 0 Å². The van der Waals surface area contributed by atoms with Crippen LogP contribution in [0.2, 0.25) is 0 Å². The van der Waals surface area contributed by atoms with Crippen molar-refractivity contribution in [3.8, 4) is 5.75 Å². The molecule has 0 atom stereocenters. The minimum Gasteiger partial charge on any atom is -0.503 e. The van der Waals surface area contributed by atoms with E-state index in [0.717, 1.165) is 0 Å². The quantitative estimate of drug-likeness (QED) is 0.677. The number of amides is 1. The van der Waals surface area contributed by atoms with Gasteiger partial charge >= 0.3 is 0 Å². The summed E-state index contributed by atoms with van der Waals surface area (Å²) in [6, 6.07) is 3.40. The van der Waals surface area contributed by atoms with Gasteiger partial charge in [-0.3, -0.25) is 4.79 Å². The lowest BCUT2D eigenvalue weighted by Crippen LogP contribution is -2.44. The van der Waals surface area contributed by atoms with Crippen LogP contribution in [0.15, 0.2) is 24.5 Å². The summed E-state index contributed by atoms with van der Waals surface area (Å²) in [6.45, 7) is 4.04. The van der Waals surface area contributed by atoms with E-state index in [9.17, 15) is 4.79 Å². The predicted molar refractivity (Wildman–Crippen MR) is 51.6 cm³/mol. The molecule has 1 heterocycles. The van der Waals surface area contributed by atoms with Crippen molar-refractivity contribution < 1.29 is 14.5 Å². The van der Waals surface area contributed by atoms with Gasteiger partial charge in [0.1, 0.15) is 0 Å². The first-order valence-corrected chi connectivity index (χ1v) is 4.55. The minimum absolute atomic E-state index is 0.0596. The second-order valence-corrected chi connectivity index (χ2v) is 3.46. The molecule has 0 aliphatic carbocycles. The van der Waals surface area contributed by atoms with E-state index in [4.69, 9.17) is 5.11 Å². The summed E-state index contributed by atoms with van der Waals surface area (Å²) < 4.78 is 1.63. The molecule has 4 heteroatoms. The summed E-state index contributed by atoms with van der Waals surface area (Å²) >= 11 is 0. The monoisotopic (exact) mass is 195 g/mol. The molecule has 0 aliphatic heterocycles. The number of nitrogens with one attached hydrogen (secondary N) is 1. The zero-order valence-corrected chi connectivity index (χ0v) is 8.40. The Labute approximate surface area is 83.2 Å². The number of nitrogens with zero attached hydrogens (tertiary/aromatic N) is 1. The van der Waals surface area contributed by atoms with Gasteiger partial charge in [0.2, 0.25) is 12.7 Å². The summed E-state index contributed by atoms with van der Waals surface area (Å²) in [7, 11) is 0. The van der Waals surface area contributed by atoms with Crippen molar-refractivity contribution in [2.24, 2.45) is 0 Å². The number of hydrogen-bond acceptors (Lipinski definition) is 2. The third-order valence-electron chi connectivity index (χ3n) is 1.62. The third kappa shape index (κ3) is 3.43. The van der Waals surface area contributed by atoms with Crippen LogP contribution in [0.1, 0.15) is 13.8 Å². The molecule has 0 aliphatic rings. The Morgan fingerprint density at radius 3 is 2.93 bits per heavy atom. The van der Waals surface area contributed by atoms with E-state index < -0.39 is 0 Å². The zero-order valence-electron chi connectivity index (χ0n) is 8.40. The number of hydrogen-bond donors (Lipinski definition) is 2. The zero-order chi connectivity index (χ0) is 10.6. The van der Waals surface area contributed by atoms with E-state index in [1.165, 1.54) is 6.20 Å². The highest BCUT2D eigenvalue weighted by atomic mass is 16.3. The molecule has 0 fully saturated rings. The third-order valence-corrected chi connectivity index (χ3v) is 1.62. The molecular formula is C10H15N2O2+. The van der Waals surface area contributed by atoms with Crippen molar-refractivity contribution in [3.05, 3.63) is 24.5 Å². The van der Waals surface area contributed by atoms with Crippen LogP contribution in [0.5, 0.6) is 5.75 Å². The fraction of sp³-hybridized carbons (Fsp3) is 0.400. The lowest BCUT2D eigenvalue weighted by Gasteiger charge is -2.05. The largest absolute Gasteiger partial charge is 0.503 e. The molecule has 2 N–H and O–H groups in total. The van der Waals surface area contributed by atoms with E-state index in [-0.39, 0.29) is 24.2 Å². The molecule has 0 aromatic carbocycles. The maximum Gasteiger partial charge on any atom is 0.286 e. The highest BCUT2D eigenvalue weighted by molar-refractivity contribution is 5.74. The van der Waals surface area contributed by atoms with Gasteiger partial charge in [-0.05, 0) is 19.9 Å². The van der Waals surface area contributed by atoms with Crippen molar-refractivity contribution in [1.82, 2.24) is 5.32 Å². The average Bonchev–Trinajstić information content (AvgIpc) is 2.01. The van der Waals surface area contributed by atoms with Crippen LogP contribution in [0.3, 0.4) is 0 Å². The first-order valence-electron chi connectivity index (χ1n) is 4.55. The van der Waals surface area contributed by atoms with E-state index >= 15 is 0 Å². The van der Waals surface area contributed by atoms with Gasteiger partial charge in [0.25, 0.3) is 5.91 Å².